The van der Waals surface area contributed by atoms with Crippen LogP contribution in [0.4, 0.5) is 16.3 Å². The number of rotatable bonds is 6. The lowest BCUT2D eigenvalue weighted by molar-refractivity contribution is -0.168. The number of halogens is 1. The summed E-state index contributed by atoms with van der Waals surface area (Å²) in [4.78, 5) is 16.5. The molecule has 2 unspecified atom stereocenters. The molecule has 2 atom stereocenters. The number of nitrogens with zero attached hydrogens (tertiary/aromatic N) is 2. The van der Waals surface area contributed by atoms with Gasteiger partial charge in [0.25, 0.3) is 5.79 Å². The summed E-state index contributed by atoms with van der Waals surface area (Å²) in [7, 11) is 3.10. The van der Waals surface area contributed by atoms with Crippen LogP contribution in [0.5, 0.6) is 5.75 Å². The fourth-order valence-corrected chi connectivity index (χ4v) is 3.54. The summed E-state index contributed by atoms with van der Waals surface area (Å²) in [5, 5.41) is 10.8. The molecule has 32 heavy (non-hydrogen) atoms. The highest BCUT2D eigenvalue weighted by molar-refractivity contribution is 6.34. The van der Waals surface area contributed by atoms with Crippen LogP contribution in [0.15, 0.2) is 47.1 Å². The van der Waals surface area contributed by atoms with Gasteiger partial charge in [0.05, 0.1) is 16.1 Å². The van der Waals surface area contributed by atoms with Crippen molar-refractivity contribution in [1.82, 2.24) is 10.1 Å². The Morgan fingerprint density at radius 1 is 1.22 bits per heavy atom. The van der Waals surface area contributed by atoms with Gasteiger partial charge in [-0.25, -0.2) is 4.79 Å². The first-order valence-corrected chi connectivity index (χ1v) is 10.0. The van der Waals surface area contributed by atoms with Crippen LogP contribution >= 0.6 is 11.6 Å². The Morgan fingerprint density at radius 3 is 2.75 bits per heavy atom. The number of aromatic nitrogens is 2. The zero-order valence-electron chi connectivity index (χ0n) is 17.6. The Balaban J connectivity index is 1.54. The SMILES string of the molecule is COC1C=c2ncccc2=CC1(OC)Oc1ccc(NC(=O)Nc2cc(C)on2)c(Cl)c1. The summed E-state index contributed by atoms with van der Waals surface area (Å²) in [6.07, 6.45) is 4.81. The van der Waals surface area contributed by atoms with Crippen molar-refractivity contribution < 1.29 is 23.5 Å². The summed E-state index contributed by atoms with van der Waals surface area (Å²) in [5.74, 6) is 0.0682. The van der Waals surface area contributed by atoms with Crippen LogP contribution in [0.1, 0.15) is 5.76 Å². The van der Waals surface area contributed by atoms with Crippen LogP contribution in [0.3, 0.4) is 0 Å². The van der Waals surface area contributed by atoms with Crippen LogP contribution in [0.25, 0.3) is 12.2 Å². The lowest BCUT2D eigenvalue weighted by Crippen LogP contribution is -2.54. The average Bonchev–Trinajstić information content (AvgIpc) is 3.19. The van der Waals surface area contributed by atoms with E-state index >= 15 is 0 Å². The Kier molecular flexibility index (Phi) is 6.13. The number of hydrogen-bond acceptors (Lipinski definition) is 7. The number of benzene rings is 1. The van der Waals surface area contributed by atoms with Crippen molar-refractivity contribution in [1.29, 1.82) is 0 Å². The van der Waals surface area contributed by atoms with Crippen LogP contribution < -0.4 is 25.9 Å². The molecule has 9 nitrogen and oxygen atoms in total. The van der Waals surface area contributed by atoms with Crippen molar-refractivity contribution in [2.24, 2.45) is 0 Å². The Morgan fingerprint density at radius 2 is 2.06 bits per heavy atom. The maximum Gasteiger partial charge on any atom is 0.324 e. The summed E-state index contributed by atoms with van der Waals surface area (Å²) < 4.78 is 22.5. The van der Waals surface area contributed by atoms with E-state index in [1.54, 1.807) is 44.5 Å². The van der Waals surface area contributed by atoms with E-state index in [4.69, 9.17) is 30.3 Å². The van der Waals surface area contributed by atoms with E-state index in [0.29, 0.717) is 23.0 Å². The zero-order valence-corrected chi connectivity index (χ0v) is 18.3. The molecule has 0 aliphatic heterocycles. The van der Waals surface area contributed by atoms with Crippen LogP contribution in [0, 0.1) is 6.92 Å². The highest BCUT2D eigenvalue weighted by Gasteiger charge is 2.41. The van der Waals surface area contributed by atoms with Gasteiger partial charge in [-0.1, -0.05) is 22.8 Å². The maximum atomic E-state index is 12.2. The summed E-state index contributed by atoms with van der Waals surface area (Å²) in [5.41, 5.74) is 0.389. The second-order valence-electron chi connectivity index (χ2n) is 7.02. The number of ether oxygens (including phenoxy) is 3. The van der Waals surface area contributed by atoms with Gasteiger partial charge in [-0.3, -0.25) is 10.3 Å². The molecule has 0 saturated heterocycles. The predicted molar refractivity (Wildman–Crippen MR) is 119 cm³/mol. The summed E-state index contributed by atoms with van der Waals surface area (Å²) in [6.45, 7) is 1.73. The first-order chi connectivity index (χ1) is 15.4. The molecule has 1 aliphatic carbocycles. The van der Waals surface area contributed by atoms with E-state index in [9.17, 15) is 4.79 Å². The average molecular weight is 457 g/mol. The second kappa shape index (κ2) is 8.99. The smallest absolute Gasteiger partial charge is 0.324 e. The monoisotopic (exact) mass is 456 g/mol. The Hall–Kier alpha value is -3.40. The van der Waals surface area contributed by atoms with E-state index in [-0.39, 0.29) is 5.02 Å². The predicted octanol–water partition coefficient (Wildman–Crippen LogP) is 2.69. The highest BCUT2D eigenvalue weighted by atomic mass is 35.5. The molecule has 2 heterocycles. The molecule has 1 aliphatic rings. The number of nitrogens with one attached hydrogen (secondary N) is 2. The fourth-order valence-electron chi connectivity index (χ4n) is 3.33. The largest absolute Gasteiger partial charge is 0.455 e. The number of fused-ring (bicyclic) bond motifs is 1. The highest BCUT2D eigenvalue weighted by Crippen LogP contribution is 2.32. The third-order valence-electron chi connectivity index (χ3n) is 4.84. The number of amides is 2. The van der Waals surface area contributed by atoms with Gasteiger partial charge in [-0.2, -0.15) is 0 Å². The minimum Gasteiger partial charge on any atom is -0.455 e. The number of urea groups is 1. The first kappa shape index (κ1) is 21.8. The minimum absolute atomic E-state index is 0.274. The van der Waals surface area contributed by atoms with Crippen LogP contribution in [-0.4, -0.2) is 42.3 Å². The lowest BCUT2D eigenvalue weighted by Gasteiger charge is -2.36. The van der Waals surface area contributed by atoms with Gasteiger partial charge in [-0.05, 0) is 37.3 Å². The molecule has 1 aromatic carbocycles. The van der Waals surface area contributed by atoms with Crippen molar-refractivity contribution in [2.45, 2.75) is 18.8 Å². The molecule has 2 aromatic heterocycles. The fraction of sp³-hybridized carbons (Fsp3) is 0.227. The van der Waals surface area contributed by atoms with Gasteiger partial charge in [-0.15, -0.1) is 0 Å². The molecule has 2 N–H and O–H groups in total. The lowest BCUT2D eigenvalue weighted by atomic mass is 10.0. The molecule has 0 spiro atoms. The van der Waals surface area contributed by atoms with E-state index in [1.165, 1.54) is 7.11 Å². The Bertz CT molecular complexity index is 1260. The number of hydrogen-bond donors (Lipinski definition) is 2. The van der Waals surface area contributed by atoms with E-state index < -0.39 is 17.9 Å². The van der Waals surface area contributed by atoms with Crippen molar-refractivity contribution in [3.8, 4) is 5.75 Å². The quantitative estimate of drug-likeness (QED) is 0.549. The topological polar surface area (TPSA) is 108 Å². The molecule has 10 heteroatoms. The number of aryl methyl sites for hydroxylation is 1. The summed E-state index contributed by atoms with van der Waals surface area (Å²) >= 11 is 6.38. The molecular weight excluding hydrogens is 436 g/mol. The molecular formula is C22H21ClN4O5. The molecule has 166 valence electrons. The first-order valence-electron chi connectivity index (χ1n) is 9.66. The second-order valence-corrected chi connectivity index (χ2v) is 7.42. The molecule has 4 rings (SSSR count). The van der Waals surface area contributed by atoms with Gasteiger partial charge in [0, 0.05) is 37.8 Å². The van der Waals surface area contributed by atoms with Crippen molar-refractivity contribution >= 4 is 41.3 Å². The normalized spacial score (nSPS) is 19.3. The van der Waals surface area contributed by atoms with Crippen molar-refractivity contribution in [3.63, 3.8) is 0 Å². The van der Waals surface area contributed by atoms with Crippen LogP contribution in [0.2, 0.25) is 5.02 Å². The van der Waals surface area contributed by atoms with E-state index in [1.807, 2.05) is 24.3 Å². The van der Waals surface area contributed by atoms with Crippen molar-refractivity contribution in [2.75, 3.05) is 24.9 Å². The standard InChI is InChI=1S/C22H21ClN4O5/c1-13-9-20(27-32-13)26-21(28)25-17-7-6-15(10-16(17)23)31-22(30-3)12-14-5-4-8-24-18(14)11-19(22)29-2/h4-12,19H,1-3H3,(H2,25,26,27,28). The van der Waals surface area contributed by atoms with Gasteiger partial charge in [0.2, 0.25) is 0 Å². The van der Waals surface area contributed by atoms with Crippen LogP contribution in [-0.2, 0) is 9.47 Å². The molecule has 3 aromatic rings. The van der Waals surface area contributed by atoms with Gasteiger partial charge >= 0.3 is 6.03 Å². The van der Waals surface area contributed by atoms with E-state index in [2.05, 4.69) is 20.8 Å². The van der Waals surface area contributed by atoms with E-state index in [0.717, 1.165) is 10.6 Å². The molecule has 0 saturated carbocycles. The van der Waals surface area contributed by atoms with Gasteiger partial charge in [0.1, 0.15) is 17.6 Å². The molecule has 0 fully saturated rings. The number of carbonyl (C=O) groups excluding carboxylic acids is 1. The number of methoxy groups -OCH3 is 2. The molecule has 0 radical (unpaired) electrons. The van der Waals surface area contributed by atoms with Crippen molar-refractivity contribution in [3.05, 3.63) is 63.9 Å². The maximum absolute atomic E-state index is 12.2. The molecule has 0 bridgehead atoms. The summed E-state index contributed by atoms with van der Waals surface area (Å²) in [6, 6.07) is 9.70. The minimum atomic E-state index is -1.23. The van der Waals surface area contributed by atoms with Gasteiger partial charge < -0.3 is 24.1 Å². The Labute approximate surface area is 188 Å². The zero-order chi connectivity index (χ0) is 22.7. The third kappa shape index (κ3) is 4.45. The number of carbonyl (C=O) groups is 1. The number of anilines is 2. The van der Waals surface area contributed by atoms with Gasteiger partial charge in [0.15, 0.2) is 5.82 Å². The molecule has 2 amide bonds. The third-order valence-corrected chi connectivity index (χ3v) is 5.16. The number of pyridine rings is 1.